The monoisotopic (exact) mass is 417 g/mol. The average molecular weight is 418 g/mol. The fourth-order valence-electron chi connectivity index (χ4n) is 3.39. The third-order valence-corrected chi connectivity index (χ3v) is 6.45. The highest BCUT2D eigenvalue weighted by Crippen LogP contribution is 2.22. The Morgan fingerprint density at radius 1 is 1.07 bits per heavy atom. The number of carbonyl (C=O) groups excluding carboxylic acids is 1. The second-order valence-electron chi connectivity index (χ2n) is 7.07. The average Bonchev–Trinajstić information content (AvgIpc) is 3.25. The number of amides is 1. The van der Waals surface area contributed by atoms with E-state index in [0.717, 1.165) is 25.2 Å². The molecule has 0 bridgehead atoms. The Morgan fingerprint density at radius 2 is 1.72 bits per heavy atom. The molecule has 1 aliphatic rings. The minimum absolute atomic E-state index is 0.0163. The van der Waals surface area contributed by atoms with Crippen LogP contribution in [-0.2, 0) is 23.1 Å². The largest absolute Gasteiger partial charge is 0.496 e. The van der Waals surface area contributed by atoms with Gasteiger partial charge in [-0.25, -0.2) is 13.1 Å². The second-order valence-corrected chi connectivity index (χ2v) is 8.83. The number of hydrogen-bond acceptors (Lipinski definition) is 5. The van der Waals surface area contributed by atoms with Gasteiger partial charge in [0.25, 0.3) is 5.91 Å². The van der Waals surface area contributed by atoms with Crippen LogP contribution in [0.15, 0.2) is 47.4 Å². The molecule has 156 valence electrons. The number of methoxy groups -OCH3 is 1. The van der Waals surface area contributed by atoms with Crippen molar-refractivity contribution in [2.24, 2.45) is 0 Å². The summed E-state index contributed by atoms with van der Waals surface area (Å²) in [5.74, 6) is -0.0932. The molecule has 1 fully saturated rings. The van der Waals surface area contributed by atoms with Gasteiger partial charge in [-0.05, 0) is 55.3 Å². The van der Waals surface area contributed by atoms with E-state index >= 15 is 0 Å². The number of rotatable bonds is 8. The normalized spacial score (nSPS) is 14.7. The van der Waals surface area contributed by atoms with Gasteiger partial charge in [0.2, 0.25) is 10.0 Å². The zero-order chi connectivity index (χ0) is 20.9. The molecule has 1 saturated heterocycles. The van der Waals surface area contributed by atoms with E-state index in [-0.39, 0.29) is 17.0 Å². The van der Waals surface area contributed by atoms with Crippen LogP contribution in [0.1, 0.15) is 34.3 Å². The van der Waals surface area contributed by atoms with Crippen molar-refractivity contribution in [3.05, 3.63) is 59.2 Å². The standard InChI is InChI=1S/C21H27N3O4S/c1-22-21(25)19-13-18(9-10-20(19)28-2)29(26,27)23-14-16-5-7-17(8-6-16)15-24-11-3-4-12-24/h5-10,13,23H,3-4,11-12,14-15H2,1-2H3,(H,22,25). The van der Waals surface area contributed by atoms with Crippen molar-refractivity contribution in [1.29, 1.82) is 0 Å². The van der Waals surface area contributed by atoms with Crippen LogP contribution >= 0.6 is 0 Å². The SMILES string of the molecule is CNC(=O)c1cc(S(=O)(=O)NCc2ccc(CN3CCCC3)cc2)ccc1OC. The van der Waals surface area contributed by atoms with Crippen molar-refractivity contribution in [3.8, 4) is 5.75 Å². The predicted molar refractivity (Wildman–Crippen MR) is 111 cm³/mol. The van der Waals surface area contributed by atoms with Crippen molar-refractivity contribution in [2.75, 3.05) is 27.2 Å². The van der Waals surface area contributed by atoms with Gasteiger partial charge in [0.15, 0.2) is 0 Å². The van der Waals surface area contributed by atoms with Crippen LogP contribution in [0.4, 0.5) is 0 Å². The number of nitrogens with zero attached hydrogens (tertiary/aromatic N) is 1. The van der Waals surface area contributed by atoms with Crippen LogP contribution in [0.5, 0.6) is 5.75 Å². The molecular weight excluding hydrogens is 390 g/mol. The molecule has 0 unspecified atom stereocenters. The molecule has 1 amide bonds. The van der Waals surface area contributed by atoms with Gasteiger partial charge < -0.3 is 10.1 Å². The molecule has 8 heteroatoms. The van der Waals surface area contributed by atoms with Crippen molar-refractivity contribution in [3.63, 3.8) is 0 Å². The summed E-state index contributed by atoms with van der Waals surface area (Å²) in [6.07, 6.45) is 2.51. The Balaban J connectivity index is 1.67. The number of carbonyl (C=O) groups is 1. The molecule has 2 N–H and O–H groups in total. The van der Waals surface area contributed by atoms with E-state index < -0.39 is 15.9 Å². The van der Waals surface area contributed by atoms with Crippen LogP contribution in [-0.4, -0.2) is 46.5 Å². The van der Waals surface area contributed by atoms with Gasteiger partial charge >= 0.3 is 0 Å². The number of benzene rings is 2. The third-order valence-electron chi connectivity index (χ3n) is 5.05. The first kappa shape index (κ1) is 21.3. The second kappa shape index (κ2) is 9.39. The highest BCUT2D eigenvalue weighted by molar-refractivity contribution is 7.89. The van der Waals surface area contributed by atoms with E-state index in [2.05, 4.69) is 14.9 Å². The van der Waals surface area contributed by atoms with E-state index in [0.29, 0.717) is 5.75 Å². The summed E-state index contributed by atoms with van der Waals surface area (Å²) in [7, 11) is -0.857. The lowest BCUT2D eigenvalue weighted by atomic mass is 10.1. The molecular formula is C21H27N3O4S. The van der Waals surface area contributed by atoms with Gasteiger partial charge in [-0.2, -0.15) is 0 Å². The minimum Gasteiger partial charge on any atom is -0.496 e. The van der Waals surface area contributed by atoms with Gasteiger partial charge in [-0.3, -0.25) is 9.69 Å². The molecule has 0 spiro atoms. The Kier molecular flexibility index (Phi) is 6.89. The van der Waals surface area contributed by atoms with Gasteiger partial charge in [0.1, 0.15) is 5.75 Å². The molecule has 0 saturated carbocycles. The van der Waals surface area contributed by atoms with E-state index in [4.69, 9.17) is 4.74 Å². The predicted octanol–water partition coefficient (Wildman–Crippen LogP) is 2.13. The molecule has 0 radical (unpaired) electrons. The van der Waals surface area contributed by atoms with Crippen molar-refractivity contribution >= 4 is 15.9 Å². The topological polar surface area (TPSA) is 87.7 Å². The minimum atomic E-state index is -3.77. The van der Waals surface area contributed by atoms with Crippen LogP contribution < -0.4 is 14.8 Å². The molecule has 2 aromatic rings. The Bertz CT molecular complexity index is 952. The summed E-state index contributed by atoms with van der Waals surface area (Å²) >= 11 is 0. The Hall–Kier alpha value is -2.42. The molecule has 29 heavy (non-hydrogen) atoms. The first-order valence-corrected chi connectivity index (χ1v) is 11.1. The number of sulfonamides is 1. The quantitative estimate of drug-likeness (QED) is 0.687. The highest BCUT2D eigenvalue weighted by atomic mass is 32.2. The zero-order valence-corrected chi connectivity index (χ0v) is 17.6. The summed E-state index contributed by atoms with van der Waals surface area (Å²) in [6.45, 7) is 3.39. The first-order valence-electron chi connectivity index (χ1n) is 9.63. The summed E-state index contributed by atoms with van der Waals surface area (Å²) in [5, 5.41) is 2.49. The molecule has 1 heterocycles. The number of nitrogens with one attached hydrogen (secondary N) is 2. The molecule has 7 nitrogen and oxygen atoms in total. The van der Waals surface area contributed by atoms with Crippen LogP contribution in [0.3, 0.4) is 0 Å². The van der Waals surface area contributed by atoms with Crippen LogP contribution in [0.2, 0.25) is 0 Å². The molecule has 0 aliphatic carbocycles. The van der Waals surface area contributed by atoms with E-state index in [1.807, 2.05) is 24.3 Å². The fourth-order valence-corrected chi connectivity index (χ4v) is 4.43. The van der Waals surface area contributed by atoms with Gasteiger partial charge in [-0.15, -0.1) is 0 Å². The van der Waals surface area contributed by atoms with E-state index in [9.17, 15) is 13.2 Å². The maximum Gasteiger partial charge on any atom is 0.254 e. The molecule has 1 aliphatic heterocycles. The van der Waals surface area contributed by atoms with E-state index in [1.165, 1.54) is 50.8 Å². The Morgan fingerprint density at radius 3 is 2.34 bits per heavy atom. The van der Waals surface area contributed by atoms with Gasteiger partial charge in [0, 0.05) is 20.1 Å². The van der Waals surface area contributed by atoms with Crippen molar-refractivity contribution in [1.82, 2.24) is 14.9 Å². The Labute approximate surface area is 172 Å². The van der Waals surface area contributed by atoms with Gasteiger partial charge in [-0.1, -0.05) is 24.3 Å². The smallest absolute Gasteiger partial charge is 0.254 e. The summed E-state index contributed by atoms with van der Waals surface area (Å²) < 4.78 is 33.1. The number of hydrogen-bond donors (Lipinski definition) is 2. The van der Waals surface area contributed by atoms with Crippen molar-refractivity contribution < 1.29 is 17.9 Å². The highest BCUT2D eigenvalue weighted by Gasteiger charge is 2.19. The lowest BCUT2D eigenvalue weighted by Gasteiger charge is -2.15. The number of ether oxygens (including phenoxy) is 1. The maximum absolute atomic E-state index is 12.7. The lowest BCUT2D eigenvalue weighted by Crippen LogP contribution is -2.24. The van der Waals surface area contributed by atoms with Crippen LogP contribution in [0, 0.1) is 0 Å². The summed E-state index contributed by atoms with van der Waals surface area (Å²) in [6, 6.07) is 12.2. The van der Waals surface area contributed by atoms with Crippen LogP contribution in [0.25, 0.3) is 0 Å². The van der Waals surface area contributed by atoms with Gasteiger partial charge in [0.05, 0.1) is 17.6 Å². The summed E-state index contributed by atoms with van der Waals surface area (Å²) in [4.78, 5) is 14.4. The molecule has 0 atom stereocenters. The molecule has 2 aromatic carbocycles. The molecule has 0 aromatic heterocycles. The number of likely N-dealkylation sites (tertiary alicyclic amines) is 1. The zero-order valence-electron chi connectivity index (χ0n) is 16.8. The third kappa shape index (κ3) is 5.35. The summed E-state index contributed by atoms with van der Waals surface area (Å²) in [5.41, 5.74) is 2.27. The van der Waals surface area contributed by atoms with Crippen molar-refractivity contribution in [2.45, 2.75) is 30.8 Å². The lowest BCUT2D eigenvalue weighted by molar-refractivity contribution is 0.0960. The fraction of sp³-hybridized carbons (Fsp3) is 0.381. The molecule has 3 rings (SSSR count). The first-order chi connectivity index (χ1) is 13.9. The maximum atomic E-state index is 12.7. The van der Waals surface area contributed by atoms with E-state index in [1.54, 1.807) is 0 Å².